The summed E-state index contributed by atoms with van der Waals surface area (Å²) in [5.41, 5.74) is 0. The number of hydrogen-bond acceptors (Lipinski definition) is 4. The van der Waals surface area contributed by atoms with Gasteiger partial charge in [0.1, 0.15) is 0 Å². The number of carbonyl (C=O) groups excluding carboxylic acids is 1. The Balaban J connectivity index is 2.34. The lowest BCUT2D eigenvalue weighted by atomic mass is 10.4. The second-order valence-electron chi connectivity index (χ2n) is 3.36. The van der Waals surface area contributed by atoms with Gasteiger partial charge in [0.05, 0.1) is 6.54 Å². The van der Waals surface area contributed by atoms with Crippen LogP contribution in [0.5, 0.6) is 0 Å². The minimum absolute atomic E-state index is 0.0481. The van der Waals surface area contributed by atoms with E-state index in [4.69, 9.17) is 0 Å². The van der Waals surface area contributed by atoms with Gasteiger partial charge in [0, 0.05) is 17.1 Å². The monoisotopic (exact) mass is 213 g/mol. The van der Waals surface area contributed by atoms with Crippen molar-refractivity contribution < 1.29 is 4.79 Å². The Hall–Kier alpha value is -0.940. The van der Waals surface area contributed by atoms with Crippen LogP contribution in [0.4, 0.5) is 5.13 Å². The van der Waals surface area contributed by atoms with Crippen LogP contribution in [-0.4, -0.2) is 23.5 Å². The number of amides is 1. The fourth-order valence-corrected chi connectivity index (χ4v) is 1.55. The number of rotatable bonds is 4. The first-order chi connectivity index (χ1) is 6.58. The zero-order valence-electron chi connectivity index (χ0n) is 8.63. The Kier molecular flexibility index (Phi) is 4.03. The molecule has 78 valence electrons. The van der Waals surface area contributed by atoms with Crippen molar-refractivity contribution in [1.82, 2.24) is 10.3 Å². The van der Waals surface area contributed by atoms with Gasteiger partial charge in [-0.2, -0.15) is 0 Å². The Morgan fingerprint density at radius 3 is 2.86 bits per heavy atom. The molecular formula is C9H15N3OS. The molecule has 1 heterocycles. The van der Waals surface area contributed by atoms with E-state index < -0.39 is 0 Å². The average molecular weight is 213 g/mol. The van der Waals surface area contributed by atoms with Crippen molar-refractivity contribution in [2.75, 3.05) is 11.9 Å². The number of aryl methyl sites for hydroxylation is 1. The lowest BCUT2D eigenvalue weighted by Gasteiger charge is -2.06. The smallest absolute Gasteiger partial charge is 0.240 e. The predicted octanol–water partition coefficient (Wildman–Crippen LogP) is 1.39. The average Bonchev–Trinajstić information content (AvgIpc) is 2.48. The van der Waals surface area contributed by atoms with Crippen LogP contribution in [-0.2, 0) is 4.79 Å². The molecule has 5 heteroatoms. The molecular weight excluding hydrogens is 198 g/mol. The maximum absolute atomic E-state index is 11.3. The van der Waals surface area contributed by atoms with Gasteiger partial charge in [-0.1, -0.05) is 13.8 Å². The van der Waals surface area contributed by atoms with Crippen LogP contribution in [0.1, 0.15) is 18.7 Å². The van der Waals surface area contributed by atoms with Crippen LogP contribution in [0.3, 0.4) is 0 Å². The van der Waals surface area contributed by atoms with E-state index in [9.17, 15) is 4.79 Å². The second-order valence-corrected chi connectivity index (χ2v) is 4.59. The van der Waals surface area contributed by atoms with E-state index in [2.05, 4.69) is 15.6 Å². The molecule has 4 nitrogen and oxygen atoms in total. The van der Waals surface area contributed by atoms with E-state index >= 15 is 0 Å². The van der Waals surface area contributed by atoms with Gasteiger partial charge in [-0.15, -0.1) is 11.3 Å². The molecule has 2 N–H and O–H groups in total. The molecule has 1 aromatic rings. The third-order valence-electron chi connectivity index (χ3n) is 1.54. The number of aromatic nitrogens is 1. The van der Waals surface area contributed by atoms with Crippen molar-refractivity contribution in [3.8, 4) is 0 Å². The first-order valence-corrected chi connectivity index (χ1v) is 5.35. The Bertz CT molecular complexity index is 309. The van der Waals surface area contributed by atoms with Gasteiger partial charge in [0.2, 0.25) is 5.91 Å². The Morgan fingerprint density at radius 1 is 1.64 bits per heavy atom. The Morgan fingerprint density at radius 2 is 2.36 bits per heavy atom. The van der Waals surface area contributed by atoms with E-state index in [1.807, 2.05) is 20.8 Å². The van der Waals surface area contributed by atoms with Gasteiger partial charge in [-0.25, -0.2) is 4.98 Å². The van der Waals surface area contributed by atoms with Crippen molar-refractivity contribution >= 4 is 22.4 Å². The van der Waals surface area contributed by atoms with Gasteiger partial charge < -0.3 is 10.6 Å². The van der Waals surface area contributed by atoms with Gasteiger partial charge in [0.15, 0.2) is 5.13 Å². The maximum Gasteiger partial charge on any atom is 0.240 e. The molecule has 0 radical (unpaired) electrons. The summed E-state index contributed by atoms with van der Waals surface area (Å²) in [7, 11) is 0. The number of nitrogens with zero attached hydrogens (tertiary/aromatic N) is 1. The van der Waals surface area contributed by atoms with Gasteiger partial charge in [0.25, 0.3) is 0 Å². The molecule has 0 atom stereocenters. The molecule has 0 saturated heterocycles. The fourth-order valence-electron chi connectivity index (χ4n) is 0.873. The minimum atomic E-state index is -0.0481. The van der Waals surface area contributed by atoms with Crippen molar-refractivity contribution in [2.45, 2.75) is 26.8 Å². The molecule has 0 bridgehead atoms. The summed E-state index contributed by atoms with van der Waals surface area (Å²) >= 11 is 1.48. The van der Waals surface area contributed by atoms with Gasteiger partial charge in [-0.3, -0.25) is 4.79 Å². The number of nitrogens with one attached hydrogen (secondary N) is 2. The molecule has 0 aliphatic rings. The van der Waals surface area contributed by atoms with Gasteiger partial charge >= 0.3 is 0 Å². The minimum Gasteiger partial charge on any atom is -0.306 e. The zero-order valence-corrected chi connectivity index (χ0v) is 9.44. The van der Waals surface area contributed by atoms with Crippen molar-refractivity contribution in [3.05, 3.63) is 11.1 Å². The summed E-state index contributed by atoms with van der Waals surface area (Å²) in [4.78, 5) is 16.5. The topological polar surface area (TPSA) is 54.0 Å². The summed E-state index contributed by atoms with van der Waals surface area (Å²) in [5, 5.41) is 6.43. The molecule has 0 aliphatic carbocycles. The van der Waals surface area contributed by atoms with Crippen LogP contribution < -0.4 is 10.6 Å². The highest BCUT2D eigenvalue weighted by Crippen LogP contribution is 2.15. The van der Waals surface area contributed by atoms with E-state index in [1.165, 1.54) is 11.3 Å². The second kappa shape index (κ2) is 5.07. The highest BCUT2D eigenvalue weighted by molar-refractivity contribution is 7.15. The predicted molar refractivity (Wildman–Crippen MR) is 58.6 cm³/mol. The summed E-state index contributed by atoms with van der Waals surface area (Å²) in [6, 6.07) is 0.318. The summed E-state index contributed by atoms with van der Waals surface area (Å²) in [5.74, 6) is -0.0481. The molecule has 0 aromatic carbocycles. The van der Waals surface area contributed by atoms with Crippen LogP contribution in [0.2, 0.25) is 0 Å². The lowest BCUT2D eigenvalue weighted by Crippen LogP contribution is -2.32. The SMILES string of the molecule is Cc1cnc(NC(=O)CNC(C)C)s1. The summed E-state index contributed by atoms with van der Waals surface area (Å²) in [6.45, 7) is 6.29. The molecule has 1 rings (SSSR count). The molecule has 0 spiro atoms. The highest BCUT2D eigenvalue weighted by Gasteiger charge is 2.05. The third kappa shape index (κ3) is 3.85. The van der Waals surface area contributed by atoms with Crippen molar-refractivity contribution in [2.24, 2.45) is 0 Å². The standard InChI is InChI=1S/C9H15N3OS/c1-6(2)10-5-8(13)12-9-11-4-7(3)14-9/h4,6,10H,5H2,1-3H3,(H,11,12,13). The van der Waals surface area contributed by atoms with E-state index in [0.29, 0.717) is 17.7 Å². The first-order valence-electron chi connectivity index (χ1n) is 4.53. The van der Waals surface area contributed by atoms with Crippen LogP contribution in [0, 0.1) is 6.92 Å². The zero-order chi connectivity index (χ0) is 10.6. The fraction of sp³-hybridized carbons (Fsp3) is 0.556. The first kappa shape index (κ1) is 11.1. The number of hydrogen-bond donors (Lipinski definition) is 2. The number of anilines is 1. The lowest BCUT2D eigenvalue weighted by molar-refractivity contribution is -0.115. The summed E-state index contributed by atoms with van der Waals surface area (Å²) < 4.78 is 0. The third-order valence-corrected chi connectivity index (χ3v) is 2.37. The number of carbonyl (C=O) groups is 1. The summed E-state index contributed by atoms with van der Waals surface area (Å²) in [6.07, 6.45) is 1.75. The van der Waals surface area contributed by atoms with Crippen molar-refractivity contribution in [3.63, 3.8) is 0 Å². The molecule has 0 unspecified atom stereocenters. The molecule has 0 fully saturated rings. The maximum atomic E-state index is 11.3. The molecule has 1 amide bonds. The van der Waals surface area contributed by atoms with Gasteiger partial charge in [-0.05, 0) is 6.92 Å². The van der Waals surface area contributed by atoms with Crippen LogP contribution in [0.15, 0.2) is 6.20 Å². The van der Waals surface area contributed by atoms with E-state index in [-0.39, 0.29) is 5.91 Å². The van der Waals surface area contributed by atoms with Crippen LogP contribution in [0.25, 0.3) is 0 Å². The largest absolute Gasteiger partial charge is 0.306 e. The molecule has 1 aromatic heterocycles. The molecule has 0 aliphatic heterocycles. The van der Waals surface area contributed by atoms with Crippen molar-refractivity contribution in [1.29, 1.82) is 0 Å². The molecule has 0 saturated carbocycles. The van der Waals surface area contributed by atoms with Crippen LogP contribution >= 0.6 is 11.3 Å². The highest BCUT2D eigenvalue weighted by atomic mass is 32.1. The number of thiazole rings is 1. The normalized spacial score (nSPS) is 10.6. The van der Waals surface area contributed by atoms with E-state index in [1.54, 1.807) is 6.20 Å². The quantitative estimate of drug-likeness (QED) is 0.794. The molecule has 14 heavy (non-hydrogen) atoms. The van der Waals surface area contributed by atoms with E-state index in [0.717, 1.165) is 4.88 Å². The Labute approximate surface area is 87.7 Å².